The van der Waals surface area contributed by atoms with E-state index >= 15 is 0 Å². The average Bonchev–Trinajstić information content (AvgIpc) is 3.00. The van der Waals surface area contributed by atoms with Gasteiger partial charge in [0.1, 0.15) is 12.2 Å². The molecule has 0 aromatic carbocycles. The molecule has 2 rings (SSSR count). The van der Waals surface area contributed by atoms with Gasteiger partial charge >= 0.3 is 5.97 Å². The van der Waals surface area contributed by atoms with Crippen LogP contribution in [0.1, 0.15) is 74.7 Å². The van der Waals surface area contributed by atoms with Crippen molar-refractivity contribution in [2.24, 2.45) is 29.6 Å². The number of allylic oxidation sites excluding steroid dienone is 5. The number of methoxy groups -OCH3 is 3. The first kappa shape index (κ1) is 38.2. The smallest absolute Gasteiger partial charge is 0.373 e. The van der Waals surface area contributed by atoms with E-state index in [1.807, 2.05) is 66.7 Å². The van der Waals surface area contributed by atoms with E-state index in [9.17, 15) is 20.1 Å². The van der Waals surface area contributed by atoms with E-state index in [-0.39, 0.29) is 36.0 Å². The summed E-state index contributed by atoms with van der Waals surface area (Å²) in [5.74, 6) is -3.43. The Hall–Kier alpha value is -2.01. The van der Waals surface area contributed by atoms with Gasteiger partial charge in [-0.15, -0.1) is 0 Å². The Morgan fingerprint density at radius 1 is 1.11 bits per heavy atom. The van der Waals surface area contributed by atoms with E-state index in [0.717, 1.165) is 11.1 Å². The zero-order valence-electron chi connectivity index (χ0n) is 28.7. The van der Waals surface area contributed by atoms with Crippen LogP contribution in [-0.4, -0.2) is 85.0 Å². The minimum atomic E-state index is -1.24. The summed E-state index contributed by atoms with van der Waals surface area (Å²) in [6, 6.07) is 0. The molecule has 0 aromatic rings. The first-order valence-electron chi connectivity index (χ1n) is 15.9. The number of aliphatic hydroxyl groups is 3. The third kappa shape index (κ3) is 9.27. The molecule has 0 spiro atoms. The van der Waals surface area contributed by atoms with Crippen LogP contribution in [0.3, 0.4) is 0 Å². The molecule has 0 bridgehead atoms. The topological polar surface area (TPSA) is 124 Å². The van der Waals surface area contributed by atoms with Crippen molar-refractivity contribution in [1.29, 1.82) is 0 Å². The number of ether oxygens (including phenoxy) is 5. The van der Waals surface area contributed by atoms with Crippen LogP contribution in [0.2, 0.25) is 0 Å². The second-order valence-corrected chi connectivity index (χ2v) is 13.0. The van der Waals surface area contributed by atoms with Crippen molar-refractivity contribution in [3.05, 3.63) is 47.3 Å². The Bertz CT molecular complexity index is 1050. The molecular weight excluding hydrogens is 564 g/mol. The number of cyclic esters (lactones) is 1. The third-order valence-corrected chi connectivity index (χ3v) is 9.64. The number of aliphatic hydroxyl groups excluding tert-OH is 3. The van der Waals surface area contributed by atoms with E-state index in [2.05, 4.69) is 0 Å². The van der Waals surface area contributed by atoms with Crippen LogP contribution in [0.25, 0.3) is 0 Å². The van der Waals surface area contributed by atoms with Gasteiger partial charge in [0.2, 0.25) is 5.76 Å². The summed E-state index contributed by atoms with van der Waals surface area (Å²) in [5.41, 5.74) is 1.82. The van der Waals surface area contributed by atoms with Crippen molar-refractivity contribution in [2.45, 2.75) is 117 Å². The molecular formula is C35H58O9. The molecule has 0 saturated carbocycles. The molecule has 44 heavy (non-hydrogen) atoms. The van der Waals surface area contributed by atoms with Crippen LogP contribution < -0.4 is 0 Å². The lowest BCUT2D eigenvalue weighted by atomic mass is 9.77. The molecule has 1 saturated heterocycles. The largest absolute Gasteiger partial charge is 0.490 e. The first-order valence-corrected chi connectivity index (χ1v) is 15.9. The fraction of sp³-hybridized carbons (Fsp3) is 0.743. The highest BCUT2D eigenvalue weighted by molar-refractivity contribution is 5.87. The molecule has 0 aliphatic carbocycles. The lowest BCUT2D eigenvalue weighted by Crippen LogP contribution is -2.59. The zero-order valence-corrected chi connectivity index (χ0v) is 28.7. The maximum Gasteiger partial charge on any atom is 0.373 e. The molecule has 252 valence electrons. The summed E-state index contributed by atoms with van der Waals surface area (Å²) >= 11 is 0. The van der Waals surface area contributed by atoms with Crippen LogP contribution in [0.15, 0.2) is 47.3 Å². The van der Waals surface area contributed by atoms with Crippen molar-refractivity contribution in [2.75, 3.05) is 21.3 Å². The van der Waals surface area contributed by atoms with Gasteiger partial charge in [0.25, 0.3) is 0 Å². The molecule has 2 aliphatic rings. The Morgan fingerprint density at radius 2 is 1.77 bits per heavy atom. The summed E-state index contributed by atoms with van der Waals surface area (Å²) in [5, 5.41) is 33.6. The van der Waals surface area contributed by atoms with Crippen LogP contribution in [-0.2, 0) is 28.5 Å². The summed E-state index contributed by atoms with van der Waals surface area (Å²) in [7, 11) is 4.45. The maximum atomic E-state index is 13.5. The van der Waals surface area contributed by atoms with E-state index < -0.39 is 54.1 Å². The zero-order chi connectivity index (χ0) is 33.4. The monoisotopic (exact) mass is 622 g/mol. The van der Waals surface area contributed by atoms with Gasteiger partial charge in [-0.05, 0) is 38.7 Å². The van der Waals surface area contributed by atoms with E-state index in [0.29, 0.717) is 12.8 Å². The molecule has 1 fully saturated rings. The molecule has 2 aliphatic heterocycles. The Morgan fingerprint density at radius 3 is 2.34 bits per heavy atom. The van der Waals surface area contributed by atoms with Crippen molar-refractivity contribution in [3.8, 4) is 0 Å². The van der Waals surface area contributed by atoms with Gasteiger partial charge in [-0.3, -0.25) is 0 Å². The predicted molar refractivity (Wildman–Crippen MR) is 170 cm³/mol. The van der Waals surface area contributed by atoms with Gasteiger partial charge in [0, 0.05) is 44.3 Å². The molecule has 12 atom stereocenters. The Balaban J connectivity index is 2.54. The van der Waals surface area contributed by atoms with Gasteiger partial charge in [0.15, 0.2) is 5.79 Å². The molecule has 2 heterocycles. The second kappa shape index (κ2) is 17.1. The van der Waals surface area contributed by atoms with Crippen molar-refractivity contribution in [3.63, 3.8) is 0 Å². The lowest BCUT2D eigenvalue weighted by Gasteiger charge is -2.50. The SMILES string of the molecule is CC[C@H]1O[C@@](OC)([C@@H](C)[C@H](O)[C@H](C)[C@H]2OC(=O)C(OC)=CC(C)=C[C@@H](C)[C@@H](O)[C@@H](C)CC(C)=CC=C[C@@H]2OC)C[C@@H](O)[C@@H]1C. The fourth-order valence-electron chi connectivity index (χ4n) is 6.60. The second-order valence-electron chi connectivity index (χ2n) is 13.0. The molecule has 3 N–H and O–H groups in total. The average molecular weight is 623 g/mol. The Kier molecular flexibility index (Phi) is 14.8. The number of hydrogen-bond acceptors (Lipinski definition) is 9. The molecule has 0 amide bonds. The number of carbonyl (C=O) groups is 1. The quantitative estimate of drug-likeness (QED) is 0.317. The first-order chi connectivity index (χ1) is 20.7. The highest BCUT2D eigenvalue weighted by Crippen LogP contribution is 2.42. The molecule has 0 unspecified atom stereocenters. The van der Waals surface area contributed by atoms with Gasteiger partial charge < -0.3 is 39.0 Å². The number of carbonyl (C=O) groups excluding carboxylic acids is 1. The molecule has 0 aromatic heterocycles. The predicted octanol–water partition coefficient (Wildman–Crippen LogP) is 5.10. The summed E-state index contributed by atoms with van der Waals surface area (Å²) < 4.78 is 29.7. The van der Waals surface area contributed by atoms with Crippen molar-refractivity contribution in [1.82, 2.24) is 0 Å². The van der Waals surface area contributed by atoms with Crippen molar-refractivity contribution >= 4 is 5.97 Å². The maximum absolute atomic E-state index is 13.5. The van der Waals surface area contributed by atoms with Crippen LogP contribution in [0.5, 0.6) is 0 Å². The van der Waals surface area contributed by atoms with Crippen LogP contribution in [0.4, 0.5) is 0 Å². The van der Waals surface area contributed by atoms with E-state index in [4.69, 9.17) is 23.7 Å². The minimum Gasteiger partial charge on any atom is -0.490 e. The molecule has 9 nitrogen and oxygen atoms in total. The number of esters is 1. The standard InChI is InChI=1S/C35H58O9/c1-12-28-24(6)27(36)19-35(42-11,44-28)26(8)32(38)25(7)33-29(40-9)15-13-14-20(2)16-22(4)31(37)23(5)17-21(3)18-30(41-10)34(39)43-33/h13-15,17-18,22-29,31-33,36-38H,12,16,19H2,1-11H3/t22-,23+,24-,25-,26-,27+,28+,29-,31-,32+,33+,35+/m0/s1. The highest BCUT2D eigenvalue weighted by atomic mass is 16.7. The van der Waals surface area contributed by atoms with Gasteiger partial charge in [-0.2, -0.15) is 0 Å². The summed E-state index contributed by atoms with van der Waals surface area (Å²) in [6.45, 7) is 15.4. The van der Waals surface area contributed by atoms with E-state index in [1.165, 1.54) is 21.3 Å². The van der Waals surface area contributed by atoms with Crippen LogP contribution >= 0.6 is 0 Å². The molecule has 0 radical (unpaired) electrons. The highest BCUT2D eigenvalue weighted by Gasteiger charge is 2.52. The minimum absolute atomic E-state index is 0.00833. The van der Waals surface area contributed by atoms with Gasteiger partial charge in [-0.25, -0.2) is 4.79 Å². The summed E-state index contributed by atoms with van der Waals surface area (Å²) in [4.78, 5) is 13.5. The fourth-order valence-corrected chi connectivity index (χ4v) is 6.60. The number of rotatable bonds is 8. The number of hydrogen-bond donors (Lipinski definition) is 3. The third-order valence-electron chi connectivity index (χ3n) is 9.64. The van der Waals surface area contributed by atoms with Gasteiger partial charge in [-0.1, -0.05) is 77.0 Å². The van der Waals surface area contributed by atoms with E-state index in [1.54, 1.807) is 19.1 Å². The van der Waals surface area contributed by atoms with Gasteiger partial charge in [0.05, 0.1) is 31.5 Å². The normalized spacial score (nSPS) is 36.8. The van der Waals surface area contributed by atoms with Crippen LogP contribution in [0, 0.1) is 29.6 Å². The summed E-state index contributed by atoms with van der Waals surface area (Å²) in [6.07, 6.45) is 6.50. The Labute approximate surface area is 264 Å². The lowest BCUT2D eigenvalue weighted by molar-refractivity contribution is -0.333. The molecule has 9 heteroatoms. The van der Waals surface area contributed by atoms with Crippen molar-refractivity contribution < 1.29 is 43.8 Å².